The van der Waals surface area contributed by atoms with Crippen LogP contribution < -0.4 is 10.5 Å². The fourth-order valence-corrected chi connectivity index (χ4v) is 3.81. The SMILES string of the molecule is C=CCOC(=O)C1C(C)=NC(SCC(N)=O)=C(C#N)[C@@H]1c1ccccc1OC. The number of aliphatic imine (C=N–C) groups is 1. The van der Waals surface area contributed by atoms with Gasteiger partial charge < -0.3 is 15.2 Å². The number of amides is 1. The van der Waals surface area contributed by atoms with Crippen LogP contribution in [0.4, 0.5) is 0 Å². The van der Waals surface area contributed by atoms with E-state index in [1.54, 1.807) is 31.2 Å². The van der Waals surface area contributed by atoms with Crippen molar-refractivity contribution < 1.29 is 19.1 Å². The Morgan fingerprint density at radius 3 is 2.75 bits per heavy atom. The van der Waals surface area contributed by atoms with Gasteiger partial charge in [-0.05, 0) is 13.0 Å². The van der Waals surface area contributed by atoms with E-state index in [4.69, 9.17) is 15.2 Å². The van der Waals surface area contributed by atoms with Gasteiger partial charge in [0.05, 0.1) is 24.5 Å². The molecule has 8 heteroatoms. The Labute approximate surface area is 167 Å². The molecule has 0 saturated carbocycles. The topological polar surface area (TPSA) is 115 Å². The normalized spacial score (nSPS) is 18.7. The molecule has 1 aliphatic rings. The number of nitrogens with zero attached hydrogens (tertiary/aromatic N) is 2. The lowest BCUT2D eigenvalue weighted by Crippen LogP contribution is -2.34. The minimum absolute atomic E-state index is 0.0263. The number of thioether (sulfide) groups is 1. The van der Waals surface area contributed by atoms with Crippen LogP contribution in [-0.4, -0.2) is 37.1 Å². The number of methoxy groups -OCH3 is 1. The molecule has 1 heterocycles. The van der Waals surface area contributed by atoms with Crippen LogP contribution in [0.3, 0.4) is 0 Å². The summed E-state index contributed by atoms with van der Waals surface area (Å²) in [5.41, 5.74) is 6.64. The van der Waals surface area contributed by atoms with E-state index in [-0.39, 0.29) is 17.9 Å². The lowest BCUT2D eigenvalue weighted by molar-refractivity contribution is -0.145. The summed E-state index contributed by atoms with van der Waals surface area (Å²) in [6, 6.07) is 9.31. The standard InChI is InChI=1S/C20H21N3O4S/c1-4-9-27-20(25)17-12(2)23-19(28-11-16(22)24)14(10-21)18(17)13-7-5-6-8-15(13)26-3/h4-8,17-18H,1,9,11H2,2-3H3,(H2,22,24)/t17?,18-/m0/s1. The Hall–Kier alpha value is -3.05. The highest BCUT2D eigenvalue weighted by Gasteiger charge is 2.41. The van der Waals surface area contributed by atoms with Gasteiger partial charge in [0, 0.05) is 17.2 Å². The van der Waals surface area contributed by atoms with Crippen LogP contribution in [0.2, 0.25) is 0 Å². The average molecular weight is 399 g/mol. The Bertz CT molecular complexity index is 886. The third kappa shape index (κ3) is 4.61. The molecule has 0 bridgehead atoms. The second kappa shape index (κ2) is 9.76. The molecule has 0 radical (unpaired) electrons. The molecule has 2 rings (SSSR count). The predicted molar refractivity (Wildman–Crippen MR) is 108 cm³/mol. The number of carbonyl (C=O) groups is 2. The van der Waals surface area contributed by atoms with Crippen molar-refractivity contribution >= 4 is 29.4 Å². The molecule has 28 heavy (non-hydrogen) atoms. The summed E-state index contributed by atoms with van der Waals surface area (Å²) in [7, 11) is 1.52. The number of nitrogens with two attached hydrogens (primary N) is 1. The molecule has 1 aromatic carbocycles. The fourth-order valence-electron chi connectivity index (χ4n) is 2.99. The van der Waals surface area contributed by atoms with Crippen molar-refractivity contribution in [1.29, 1.82) is 5.26 Å². The summed E-state index contributed by atoms with van der Waals surface area (Å²) >= 11 is 1.07. The highest BCUT2D eigenvalue weighted by atomic mass is 32.2. The van der Waals surface area contributed by atoms with E-state index in [0.717, 1.165) is 11.8 Å². The van der Waals surface area contributed by atoms with E-state index in [1.165, 1.54) is 13.2 Å². The molecule has 7 nitrogen and oxygen atoms in total. The first kappa shape index (κ1) is 21.3. The lowest BCUT2D eigenvalue weighted by Gasteiger charge is -2.30. The zero-order valence-electron chi connectivity index (χ0n) is 15.7. The highest BCUT2D eigenvalue weighted by Crippen LogP contribution is 2.44. The number of hydrogen-bond donors (Lipinski definition) is 1. The molecule has 1 aromatic rings. The van der Waals surface area contributed by atoms with Gasteiger partial charge in [-0.25, -0.2) is 4.99 Å². The fraction of sp³-hybridized carbons (Fsp3) is 0.300. The number of esters is 1. The lowest BCUT2D eigenvalue weighted by atomic mass is 9.77. The van der Waals surface area contributed by atoms with Gasteiger partial charge in [-0.3, -0.25) is 9.59 Å². The summed E-state index contributed by atoms with van der Waals surface area (Å²) in [6.45, 7) is 5.30. The van der Waals surface area contributed by atoms with Crippen LogP contribution in [-0.2, 0) is 14.3 Å². The zero-order valence-corrected chi connectivity index (χ0v) is 16.5. The van der Waals surface area contributed by atoms with Crippen molar-refractivity contribution in [1.82, 2.24) is 0 Å². The van der Waals surface area contributed by atoms with E-state index in [2.05, 4.69) is 17.6 Å². The summed E-state index contributed by atoms with van der Waals surface area (Å²) < 4.78 is 10.7. The van der Waals surface area contributed by atoms with Gasteiger partial charge in [0.2, 0.25) is 5.91 Å². The van der Waals surface area contributed by atoms with Crippen LogP contribution in [0.25, 0.3) is 0 Å². The smallest absolute Gasteiger partial charge is 0.315 e. The molecule has 0 aliphatic carbocycles. The van der Waals surface area contributed by atoms with Gasteiger partial charge in [0.25, 0.3) is 0 Å². The van der Waals surface area contributed by atoms with E-state index in [0.29, 0.717) is 22.1 Å². The van der Waals surface area contributed by atoms with Crippen molar-refractivity contribution in [3.63, 3.8) is 0 Å². The van der Waals surface area contributed by atoms with Crippen LogP contribution in [0.5, 0.6) is 5.75 Å². The zero-order chi connectivity index (χ0) is 20.7. The van der Waals surface area contributed by atoms with Crippen LogP contribution in [0, 0.1) is 17.2 Å². The van der Waals surface area contributed by atoms with Gasteiger partial charge in [-0.1, -0.05) is 42.6 Å². The number of carbonyl (C=O) groups excluding carboxylic acids is 2. The van der Waals surface area contributed by atoms with E-state index in [1.807, 2.05) is 0 Å². The molecule has 0 aromatic heterocycles. The van der Waals surface area contributed by atoms with Crippen molar-refractivity contribution in [2.45, 2.75) is 12.8 Å². The van der Waals surface area contributed by atoms with Gasteiger partial charge >= 0.3 is 5.97 Å². The molecule has 0 fully saturated rings. The maximum absolute atomic E-state index is 12.8. The number of benzene rings is 1. The Morgan fingerprint density at radius 1 is 1.43 bits per heavy atom. The largest absolute Gasteiger partial charge is 0.496 e. The van der Waals surface area contributed by atoms with E-state index in [9.17, 15) is 14.9 Å². The first-order chi connectivity index (χ1) is 13.4. The number of nitriles is 1. The molecule has 1 unspecified atom stereocenters. The van der Waals surface area contributed by atoms with Crippen LogP contribution >= 0.6 is 11.8 Å². The monoisotopic (exact) mass is 399 g/mol. The summed E-state index contributed by atoms with van der Waals surface area (Å²) in [5.74, 6) is -1.99. The van der Waals surface area contributed by atoms with Crippen LogP contribution in [0.1, 0.15) is 18.4 Å². The second-order valence-electron chi connectivity index (χ2n) is 5.95. The number of allylic oxidation sites excluding steroid dienone is 1. The third-order valence-electron chi connectivity index (χ3n) is 4.15. The number of primary amides is 1. The highest BCUT2D eigenvalue weighted by molar-refractivity contribution is 8.03. The quantitative estimate of drug-likeness (QED) is 0.531. The molecule has 146 valence electrons. The summed E-state index contributed by atoms with van der Waals surface area (Å²) in [4.78, 5) is 28.4. The number of hydrogen-bond acceptors (Lipinski definition) is 7. The molecular formula is C20H21N3O4S. The Morgan fingerprint density at radius 2 is 2.14 bits per heavy atom. The summed E-state index contributed by atoms with van der Waals surface area (Å²) in [5, 5.41) is 10.2. The number of para-hydroxylation sites is 1. The van der Waals surface area contributed by atoms with Crippen molar-refractivity contribution in [2.75, 3.05) is 19.5 Å². The molecular weight excluding hydrogens is 378 g/mol. The van der Waals surface area contributed by atoms with Crippen molar-refractivity contribution in [2.24, 2.45) is 16.6 Å². The second-order valence-corrected chi connectivity index (χ2v) is 6.92. The minimum Gasteiger partial charge on any atom is -0.496 e. The Balaban J connectivity index is 2.62. The molecule has 1 amide bonds. The van der Waals surface area contributed by atoms with Crippen LogP contribution in [0.15, 0.2) is 52.5 Å². The molecule has 0 saturated heterocycles. The van der Waals surface area contributed by atoms with E-state index < -0.39 is 23.7 Å². The maximum Gasteiger partial charge on any atom is 0.315 e. The minimum atomic E-state index is -0.802. The Kier molecular flexibility index (Phi) is 7.41. The predicted octanol–water partition coefficient (Wildman–Crippen LogP) is 2.55. The third-order valence-corrected chi connectivity index (χ3v) is 5.16. The van der Waals surface area contributed by atoms with Crippen molar-refractivity contribution in [3.8, 4) is 11.8 Å². The van der Waals surface area contributed by atoms with Gasteiger partial charge in [0.15, 0.2) is 0 Å². The van der Waals surface area contributed by atoms with Crippen molar-refractivity contribution in [3.05, 3.63) is 53.1 Å². The maximum atomic E-state index is 12.8. The van der Waals surface area contributed by atoms with Gasteiger partial charge in [-0.15, -0.1) is 0 Å². The molecule has 2 atom stereocenters. The first-order valence-electron chi connectivity index (χ1n) is 8.45. The average Bonchev–Trinajstić information content (AvgIpc) is 2.69. The summed E-state index contributed by atoms with van der Waals surface area (Å²) in [6.07, 6.45) is 1.47. The number of rotatable bonds is 8. The van der Waals surface area contributed by atoms with Gasteiger partial charge in [-0.2, -0.15) is 5.26 Å². The first-order valence-corrected chi connectivity index (χ1v) is 9.44. The molecule has 2 N–H and O–H groups in total. The van der Waals surface area contributed by atoms with E-state index >= 15 is 0 Å². The number of ether oxygens (including phenoxy) is 2. The molecule has 1 aliphatic heterocycles. The van der Waals surface area contributed by atoms with Gasteiger partial charge in [0.1, 0.15) is 23.3 Å². The molecule has 0 spiro atoms.